The van der Waals surface area contributed by atoms with Crippen LogP contribution in [0, 0.1) is 0 Å². The summed E-state index contributed by atoms with van der Waals surface area (Å²) in [7, 11) is 0. The van der Waals surface area contributed by atoms with E-state index >= 15 is 0 Å². The van der Waals surface area contributed by atoms with Crippen LogP contribution in [0.5, 0.6) is 0 Å². The maximum absolute atomic E-state index is 11.3. The number of H-pyrrole nitrogens is 1. The van der Waals surface area contributed by atoms with Gasteiger partial charge in [0, 0.05) is 25.9 Å². The monoisotopic (exact) mass is 229 g/mol. The molecule has 1 saturated heterocycles. The van der Waals surface area contributed by atoms with Crippen LogP contribution in [0.15, 0.2) is 24.3 Å². The number of carbonyl (C=O) groups excluding carboxylic acids is 1. The van der Waals surface area contributed by atoms with Crippen LogP contribution in [0.2, 0.25) is 0 Å². The number of carbonyl (C=O) groups is 1. The van der Waals surface area contributed by atoms with E-state index in [9.17, 15) is 4.79 Å². The van der Waals surface area contributed by atoms with Gasteiger partial charge in [-0.1, -0.05) is 12.1 Å². The standard InChI is InChI=1S/C13H15N3O/c1-9(17)16-7-6-10(8-16)13-14-11-4-2-3-5-12(11)15-13/h2-5,10H,6-8H2,1H3,(H,14,15)/t10-/m0/s1. The van der Waals surface area contributed by atoms with Gasteiger partial charge in [0.25, 0.3) is 0 Å². The minimum absolute atomic E-state index is 0.156. The van der Waals surface area contributed by atoms with Gasteiger partial charge in [0.15, 0.2) is 0 Å². The number of rotatable bonds is 1. The molecule has 1 atom stereocenters. The van der Waals surface area contributed by atoms with Gasteiger partial charge in [-0.05, 0) is 18.6 Å². The van der Waals surface area contributed by atoms with Crippen molar-refractivity contribution in [2.24, 2.45) is 0 Å². The fourth-order valence-electron chi connectivity index (χ4n) is 2.44. The highest BCUT2D eigenvalue weighted by Crippen LogP contribution is 2.26. The zero-order chi connectivity index (χ0) is 11.8. The molecule has 1 aliphatic heterocycles. The van der Waals surface area contributed by atoms with Crippen LogP contribution in [0.3, 0.4) is 0 Å². The lowest BCUT2D eigenvalue weighted by atomic mass is 10.1. The largest absolute Gasteiger partial charge is 0.342 e. The van der Waals surface area contributed by atoms with Crippen LogP contribution in [-0.4, -0.2) is 33.9 Å². The Kier molecular flexibility index (Phi) is 2.35. The Bertz CT molecular complexity index is 528. The lowest BCUT2D eigenvalue weighted by Crippen LogP contribution is -2.25. The summed E-state index contributed by atoms with van der Waals surface area (Å²) in [6.45, 7) is 3.26. The SMILES string of the molecule is CC(=O)N1CC[C@H](c2nc3ccccc3[nH]2)C1. The van der Waals surface area contributed by atoms with Crippen molar-refractivity contribution < 1.29 is 4.79 Å². The third-order valence-electron chi connectivity index (χ3n) is 3.43. The third kappa shape index (κ3) is 1.79. The molecule has 4 nitrogen and oxygen atoms in total. The number of para-hydroxylation sites is 2. The van der Waals surface area contributed by atoms with E-state index < -0.39 is 0 Å². The molecular formula is C13H15N3O. The fourth-order valence-corrected chi connectivity index (χ4v) is 2.44. The first-order valence-corrected chi connectivity index (χ1v) is 5.94. The van der Waals surface area contributed by atoms with Crippen LogP contribution in [0.4, 0.5) is 0 Å². The van der Waals surface area contributed by atoms with Crippen molar-refractivity contribution in [2.75, 3.05) is 13.1 Å². The van der Waals surface area contributed by atoms with E-state index in [0.717, 1.165) is 36.4 Å². The molecule has 4 heteroatoms. The Hall–Kier alpha value is -1.84. The first-order chi connectivity index (χ1) is 8.24. The molecule has 1 amide bonds. The Morgan fingerprint density at radius 3 is 3.00 bits per heavy atom. The normalized spacial score (nSPS) is 20.1. The van der Waals surface area contributed by atoms with Crippen LogP contribution in [0.25, 0.3) is 11.0 Å². The van der Waals surface area contributed by atoms with Gasteiger partial charge < -0.3 is 9.88 Å². The van der Waals surface area contributed by atoms with Gasteiger partial charge in [-0.15, -0.1) is 0 Å². The zero-order valence-corrected chi connectivity index (χ0v) is 9.81. The van der Waals surface area contributed by atoms with Crippen molar-refractivity contribution in [3.63, 3.8) is 0 Å². The van der Waals surface area contributed by atoms with Crippen molar-refractivity contribution in [3.05, 3.63) is 30.1 Å². The fraction of sp³-hybridized carbons (Fsp3) is 0.385. The number of likely N-dealkylation sites (tertiary alicyclic amines) is 1. The van der Waals surface area contributed by atoms with Gasteiger partial charge in [0.2, 0.25) is 5.91 Å². The second kappa shape index (κ2) is 3.87. The third-order valence-corrected chi connectivity index (χ3v) is 3.43. The predicted octanol–water partition coefficient (Wildman–Crippen LogP) is 1.90. The summed E-state index contributed by atoms with van der Waals surface area (Å²) >= 11 is 0. The second-order valence-corrected chi connectivity index (χ2v) is 4.59. The van der Waals surface area contributed by atoms with Crippen molar-refractivity contribution in [1.29, 1.82) is 0 Å². The maximum atomic E-state index is 11.3. The van der Waals surface area contributed by atoms with Gasteiger partial charge in [-0.2, -0.15) is 0 Å². The molecule has 1 aromatic carbocycles. The number of hydrogen-bond donors (Lipinski definition) is 1. The number of benzene rings is 1. The first kappa shape index (κ1) is 10.3. The van der Waals surface area contributed by atoms with E-state index in [-0.39, 0.29) is 5.91 Å². The molecule has 1 N–H and O–H groups in total. The maximum Gasteiger partial charge on any atom is 0.219 e. The number of nitrogens with one attached hydrogen (secondary N) is 1. The molecule has 1 fully saturated rings. The van der Waals surface area contributed by atoms with Gasteiger partial charge in [-0.25, -0.2) is 4.98 Å². The molecule has 2 aromatic rings. The smallest absolute Gasteiger partial charge is 0.219 e. The molecule has 0 aliphatic carbocycles. The average Bonchev–Trinajstić information content (AvgIpc) is 2.95. The van der Waals surface area contributed by atoms with E-state index in [1.165, 1.54) is 0 Å². The Labute approximate surface area is 99.6 Å². The van der Waals surface area contributed by atoms with Crippen molar-refractivity contribution in [3.8, 4) is 0 Å². The Morgan fingerprint density at radius 1 is 1.47 bits per heavy atom. The molecule has 0 saturated carbocycles. The summed E-state index contributed by atoms with van der Waals surface area (Å²) in [5.74, 6) is 1.52. The molecule has 0 bridgehead atoms. The topological polar surface area (TPSA) is 49.0 Å². The van der Waals surface area contributed by atoms with Gasteiger partial charge in [0.05, 0.1) is 11.0 Å². The molecule has 2 heterocycles. The number of aromatic amines is 1. The summed E-state index contributed by atoms with van der Waals surface area (Å²) in [6, 6.07) is 8.03. The number of imidazole rings is 1. The minimum atomic E-state index is 0.156. The molecule has 17 heavy (non-hydrogen) atoms. The van der Waals surface area contributed by atoms with Crippen molar-refractivity contribution in [1.82, 2.24) is 14.9 Å². The van der Waals surface area contributed by atoms with E-state index in [0.29, 0.717) is 5.92 Å². The Morgan fingerprint density at radius 2 is 2.29 bits per heavy atom. The van der Waals surface area contributed by atoms with E-state index in [2.05, 4.69) is 9.97 Å². The number of nitrogens with zero attached hydrogens (tertiary/aromatic N) is 2. The number of hydrogen-bond acceptors (Lipinski definition) is 2. The predicted molar refractivity (Wildman–Crippen MR) is 65.7 cm³/mol. The van der Waals surface area contributed by atoms with E-state index in [4.69, 9.17) is 0 Å². The van der Waals surface area contributed by atoms with Crippen LogP contribution >= 0.6 is 0 Å². The summed E-state index contributed by atoms with van der Waals surface area (Å²) in [6.07, 6.45) is 0.999. The van der Waals surface area contributed by atoms with Gasteiger partial charge in [0.1, 0.15) is 5.82 Å². The number of amides is 1. The highest BCUT2D eigenvalue weighted by atomic mass is 16.2. The molecule has 0 unspecified atom stereocenters. The zero-order valence-electron chi connectivity index (χ0n) is 9.81. The summed E-state index contributed by atoms with van der Waals surface area (Å²) in [5.41, 5.74) is 2.08. The van der Waals surface area contributed by atoms with E-state index in [1.54, 1.807) is 6.92 Å². The summed E-state index contributed by atoms with van der Waals surface area (Å²) in [4.78, 5) is 21.1. The molecule has 1 aromatic heterocycles. The summed E-state index contributed by atoms with van der Waals surface area (Å²) < 4.78 is 0. The van der Waals surface area contributed by atoms with Crippen LogP contribution in [-0.2, 0) is 4.79 Å². The van der Waals surface area contributed by atoms with Crippen molar-refractivity contribution in [2.45, 2.75) is 19.3 Å². The van der Waals surface area contributed by atoms with Crippen LogP contribution < -0.4 is 0 Å². The Balaban J connectivity index is 1.87. The lowest BCUT2D eigenvalue weighted by molar-refractivity contribution is -0.127. The number of fused-ring (bicyclic) bond motifs is 1. The number of aromatic nitrogens is 2. The van der Waals surface area contributed by atoms with E-state index in [1.807, 2.05) is 29.2 Å². The van der Waals surface area contributed by atoms with Crippen molar-refractivity contribution >= 4 is 16.9 Å². The minimum Gasteiger partial charge on any atom is -0.342 e. The molecule has 0 spiro atoms. The summed E-state index contributed by atoms with van der Waals surface area (Å²) in [5, 5.41) is 0. The average molecular weight is 229 g/mol. The molecule has 88 valence electrons. The molecule has 3 rings (SSSR count). The quantitative estimate of drug-likeness (QED) is 0.812. The molecule has 1 aliphatic rings. The van der Waals surface area contributed by atoms with Gasteiger partial charge >= 0.3 is 0 Å². The molecular weight excluding hydrogens is 214 g/mol. The highest BCUT2D eigenvalue weighted by molar-refractivity contribution is 5.75. The first-order valence-electron chi connectivity index (χ1n) is 5.94. The van der Waals surface area contributed by atoms with Gasteiger partial charge in [-0.3, -0.25) is 4.79 Å². The van der Waals surface area contributed by atoms with Crippen LogP contribution in [0.1, 0.15) is 25.1 Å². The highest BCUT2D eigenvalue weighted by Gasteiger charge is 2.27. The second-order valence-electron chi connectivity index (χ2n) is 4.59. The molecule has 0 radical (unpaired) electrons. The lowest BCUT2D eigenvalue weighted by Gasteiger charge is -2.12.